The van der Waals surface area contributed by atoms with E-state index >= 15 is 0 Å². The molecule has 0 aromatic carbocycles. The number of aromatic nitrogens is 1. The molecule has 1 unspecified atom stereocenters. The van der Waals surface area contributed by atoms with Gasteiger partial charge in [0.2, 0.25) is 5.91 Å². The third-order valence-electron chi connectivity index (χ3n) is 2.98. The second kappa shape index (κ2) is 5.14. The molecule has 0 bridgehead atoms. The lowest BCUT2D eigenvalue weighted by Crippen LogP contribution is -2.26. The Morgan fingerprint density at radius 1 is 1.67 bits per heavy atom. The number of methoxy groups -OCH3 is 1. The summed E-state index contributed by atoms with van der Waals surface area (Å²) in [6.07, 6.45) is 1.92. The number of carbonyl (C=O) groups is 2. The molecule has 96 valence electrons. The zero-order valence-corrected chi connectivity index (χ0v) is 10.1. The van der Waals surface area contributed by atoms with Crippen molar-refractivity contribution in [2.24, 2.45) is 11.7 Å². The topological polar surface area (TPSA) is 85.5 Å². The van der Waals surface area contributed by atoms with Crippen molar-refractivity contribution in [3.05, 3.63) is 23.9 Å². The van der Waals surface area contributed by atoms with Crippen LogP contribution < -0.4 is 10.6 Å². The van der Waals surface area contributed by atoms with Gasteiger partial charge in [-0.3, -0.25) is 9.69 Å². The first-order valence-electron chi connectivity index (χ1n) is 5.70. The van der Waals surface area contributed by atoms with E-state index < -0.39 is 5.97 Å². The summed E-state index contributed by atoms with van der Waals surface area (Å²) in [5.74, 6) is 0.167. The van der Waals surface area contributed by atoms with Gasteiger partial charge in [-0.1, -0.05) is 0 Å². The number of nitrogens with two attached hydrogens (primary N) is 1. The summed E-state index contributed by atoms with van der Waals surface area (Å²) in [7, 11) is 1.31. The molecule has 2 rings (SSSR count). The van der Waals surface area contributed by atoms with E-state index in [2.05, 4.69) is 9.72 Å². The minimum Gasteiger partial charge on any atom is -0.465 e. The van der Waals surface area contributed by atoms with Crippen LogP contribution in [0.3, 0.4) is 0 Å². The van der Waals surface area contributed by atoms with Gasteiger partial charge in [-0.25, -0.2) is 9.78 Å². The van der Waals surface area contributed by atoms with Crippen molar-refractivity contribution in [1.29, 1.82) is 0 Å². The molecule has 0 aliphatic carbocycles. The maximum atomic E-state index is 11.8. The normalized spacial score (nSPS) is 19.1. The van der Waals surface area contributed by atoms with Gasteiger partial charge >= 0.3 is 5.97 Å². The molecule has 1 aliphatic heterocycles. The average Bonchev–Trinajstić information content (AvgIpc) is 2.79. The van der Waals surface area contributed by atoms with Crippen LogP contribution in [-0.2, 0) is 9.53 Å². The summed E-state index contributed by atoms with van der Waals surface area (Å²) < 4.78 is 4.63. The Morgan fingerprint density at radius 3 is 3.06 bits per heavy atom. The molecule has 1 atom stereocenters. The summed E-state index contributed by atoms with van der Waals surface area (Å²) in [5.41, 5.74) is 5.94. The van der Waals surface area contributed by atoms with E-state index in [1.807, 2.05) is 0 Å². The first-order chi connectivity index (χ1) is 8.65. The number of pyridine rings is 1. The van der Waals surface area contributed by atoms with E-state index in [-0.39, 0.29) is 11.8 Å². The second-order valence-corrected chi connectivity index (χ2v) is 4.20. The van der Waals surface area contributed by atoms with Crippen LogP contribution in [0.4, 0.5) is 5.82 Å². The molecule has 2 heterocycles. The second-order valence-electron chi connectivity index (χ2n) is 4.20. The molecular formula is C12H15N3O3. The molecule has 18 heavy (non-hydrogen) atoms. The fourth-order valence-corrected chi connectivity index (χ4v) is 1.97. The standard InChI is InChI=1S/C12H15N3O3/c1-18-12(17)9-2-3-14-10(5-9)15-7-8(6-13)4-11(15)16/h2-3,5,8H,4,6-7,13H2,1H3. The summed E-state index contributed by atoms with van der Waals surface area (Å²) in [6.45, 7) is 1.02. The minimum atomic E-state index is -0.444. The first kappa shape index (κ1) is 12.5. The van der Waals surface area contributed by atoms with E-state index in [0.717, 1.165) is 0 Å². The third kappa shape index (κ3) is 2.33. The van der Waals surface area contributed by atoms with Gasteiger partial charge < -0.3 is 10.5 Å². The van der Waals surface area contributed by atoms with Gasteiger partial charge in [-0.2, -0.15) is 0 Å². The predicted octanol–water partition coefficient (Wildman–Crippen LogP) is 0.180. The molecule has 1 aromatic heterocycles. The highest BCUT2D eigenvalue weighted by molar-refractivity contribution is 5.96. The largest absolute Gasteiger partial charge is 0.465 e. The third-order valence-corrected chi connectivity index (χ3v) is 2.98. The Labute approximate surface area is 105 Å². The van der Waals surface area contributed by atoms with Gasteiger partial charge in [0.15, 0.2) is 0 Å². The van der Waals surface area contributed by atoms with Crippen molar-refractivity contribution in [2.75, 3.05) is 25.1 Å². The molecule has 6 nitrogen and oxygen atoms in total. The maximum Gasteiger partial charge on any atom is 0.338 e. The van der Waals surface area contributed by atoms with Crippen LogP contribution in [0.2, 0.25) is 0 Å². The number of hydrogen-bond acceptors (Lipinski definition) is 5. The van der Waals surface area contributed by atoms with Gasteiger partial charge in [0.1, 0.15) is 5.82 Å². The zero-order chi connectivity index (χ0) is 13.1. The van der Waals surface area contributed by atoms with E-state index in [9.17, 15) is 9.59 Å². The van der Waals surface area contributed by atoms with Crippen LogP contribution in [0.1, 0.15) is 16.8 Å². The van der Waals surface area contributed by atoms with Crippen LogP contribution in [0.5, 0.6) is 0 Å². The van der Waals surface area contributed by atoms with Crippen molar-refractivity contribution in [3.8, 4) is 0 Å². The number of rotatable bonds is 3. The highest BCUT2D eigenvalue weighted by atomic mass is 16.5. The smallest absolute Gasteiger partial charge is 0.338 e. The molecule has 0 spiro atoms. The molecule has 1 aliphatic rings. The Bertz CT molecular complexity index is 475. The van der Waals surface area contributed by atoms with Crippen LogP contribution in [0.15, 0.2) is 18.3 Å². The van der Waals surface area contributed by atoms with Crippen LogP contribution >= 0.6 is 0 Å². The molecule has 1 saturated heterocycles. The average molecular weight is 249 g/mol. The lowest BCUT2D eigenvalue weighted by atomic mass is 10.1. The molecule has 0 radical (unpaired) electrons. The molecule has 0 saturated carbocycles. The number of amides is 1. The van der Waals surface area contributed by atoms with Crippen LogP contribution in [0, 0.1) is 5.92 Å². The Morgan fingerprint density at radius 2 is 2.44 bits per heavy atom. The SMILES string of the molecule is COC(=O)c1ccnc(N2CC(CN)CC2=O)c1. The zero-order valence-electron chi connectivity index (χ0n) is 10.1. The summed E-state index contributed by atoms with van der Waals surface area (Å²) in [4.78, 5) is 28.9. The fourth-order valence-electron chi connectivity index (χ4n) is 1.97. The van der Waals surface area contributed by atoms with E-state index in [1.165, 1.54) is 13.3 Å². The van der Waals surface area contributed by atoms with Gasteiger partial charge in [-0.15, -0.1) is 0 Å². The maximum absolute atomic E-state index is 11.8. The number of ether oxygens (including phenoxy) is 1. The number of nitrogens with zero attached hydrogens (tertiary/aromatic N) is 2. The molecule has 1 amide bonds. The van der Waals surface area contributed by atoms with Crippen molar-refractivity contribution >= 4 is 17.7 Å². The van der Waals surface area contributed by atoms with E-state index in [1.54, 1.807) is 17.0 Å². The number of esters is 1. The minimum absolute atomic E-state index is 0.0139. The quantitative estimate of drug-likeness (QED) is 0.772. The Balaban J connectivity index is 2.24. The molecule has 2 N–H and O–H groups in total. The van der Waals surface area contributed by atoms with Gasteiger partial charge in [0.25, 0.3) is 0 Å². The predicted molar refractivity (Wildman–Crippen MR) is 65.1 cm³/mol. The first-order valence-corrected chi connectivity index (χ1v) is 5.70. The van der Waals surface area contributed by atoms with Crippen molar-refractivity contribution in [3.63, 3.8) is 0 Å². The van der Waals surface area contributed by atoms with E-state index in [4.69, 9.17) is 5.73 Å². The number of carbonyl (C=O) groups excluding carboxylic acids is 2. The highest BCUT2D eigenvalue weighted by Gasteiger charge is 2.30. The van der Waals surface area contributed by atoms with Crippen molar-refractivity contribution in [2.45, 2.75) is 6.42 Å². The van der Waals surface area contributed by atoms with Crippen LogP contribution in [-0.4, -0.2) is 37.1 Å². The monoisotopic (exact) mass is 249 g/mol. The highest BCUT2D eigenvalue weighted by Crippen LogP contribution is 2.23. The summed E-state index contributed by atoms with van der Waals surface area (Å²) in [5, 5.41) is 0. The van der Waals surface area contributed by atoms with Crippen molar-refractivity contribution < 1.29 is 14.3 Å². The summed E-state index contributed by atoms with van der Waals surface area (Å²) >= 11 is 0. The molecule has 6 heteroatoms. The summed E-state index contributed by atoms with van der Waals surface area (Å²) in [6, 6.07) is 3.11. The van der Waals surface area contributed by atoms with Crippen molar-refractivity contribution in [1.82, 2.24) is 4.98 Å². The molecular weight excluding hydrogens is 234 g/mol. The van der Waals surface area contributed by atoms with E-state index in [0.29, 0.717) is 30.9 Å². The Hall–Kier alpha value is -1.95. The lowest BCUT2D eigenvalue weighted by molar-refractivity contribution is -0.117. The molecule has 1 aromatic rings. The molecule has 1 fully saturated rings. The van der Waals surface area contributed by atoms with Gasteiger partial charge in [0, 0.05) is 19.2 Å². The Kier molecular flexibility index (Phi) is 3.57. The fraction of sp³-hybridized carbons (Fsp3) is 0.417. The van der Waals surface area contributed by atoms with Crippen LogP contribution in [0.25, 0.3) is 0 Å². The number of anilines is 1. The lowest BCUT2D eigenvalue weighted by Gasteiger charge is -2.15. The van der Waals surface area contributed by atoms with Gasteiger partial charge in [0.05, 0.1) is 12.7 Å². The number of hydrogen-bond donors (Lipinski definition) is 1. The van der Waals surface area contributed by atoms with Gasteiger partial charge in [-0.05, 0) is 24.6 Å².